The van der Waals surface area contributed by atoms with E-state index in [1.807, 2.05) is 36.4 Å². The highest BCUT2D eigenvalue weighted by Crippen LogP contribution is 2.46. The maximum atomic E-state index is 13.9. The van der Waals surface area contributed by atoms with Gasteiger partial charge in [0.15, 0.2) is 0 Å². The van der Waals surface area contributed by atoms with E-state index in [9.17, 15) is 14.7 Å². The number of nitrogens with one attached hydrogen (secondary N) is 1. The predicted molar refractivity (Wildman–Crippen MR) is 135 cm³/mol. The minimum absolute atomic E-state index is 0. The van der Waals surface area contributed by atoms with Crippen LogP contribution in [0.4, 0.5) is 0 Å². The number of likely N-dealkylation sites (tertiary alicyclic amines) is 1. The summed E-state index contributed by atoms with van der Waals surface area (Å²) in [6.07, 6.45) is 3.79. The zero-order valence-corrected chi connectivity index (χ0v) is 20.9. The van der Waals surface area contributed by atoms with E-state index in [-0.39, 0.29) is 30.0 Å². The van der Waals surface area contributed by atoms with Crippen molar-refractivity contribution < 1.29 is 24.2 Å². The summed E-state index contributed by atoms with van der Waals surface area (Å²) in [5.41, 5.74) is 0.142. The number of carboxylic acid groups (broad SMARTS) is 1. The van der Waals surface area contributed by atoms with Crippen LogP contribution in [-0.2, 0) is 15.1 Å². The Labute approximate surface area is 216 Å². The van der Waals surface area contributed by atoms with E-state index in [2.05, 4.69) is 10.2 Å². The Bertz CT molecular complexity index is 1070. The molecule has 0 bridgehead atoms. The number of rotatable bonds is 7. The molecule has 1 saturated carbocycles. The molecule has 1 aliphatic carbocycles. The Kier molecular flexibility index (Phi) is 7.62. The van der Waals surface area contributed by atoms with E-state index in [1.165, 1.54) is 0 Å². The van der Waals surface area contributed by atoms with Gasteiger partial charge in [-0.05, 0) is 68.0 Å². The van der Waals surface area contributed by atoms with Crippen molar-refractivity contribution in [2.24, 2.45) is 0 Å². The average Bonchev–Trinajstić information content (AvgIpc) is 3.47. The van der Waals surface area contributed by atoms with Gasteiger partial charge in [-0.15, -0.1) is 12.4 Å². The molecular weight excluding hydrogens is 491 g/mol. The smallest absolute Gasteiger partial charge is 0.335 e. The van der Waals surface area contributed by atoms with Crippen LogP contribution in [0, 0.1) is 0 Å². The largest absolute Gasteiger partial charge is 0.489 e. The number of ether oxygens (including phenoxy) is 2. The fourth-order valence-electron chi connectivity index (χ4n) is 5.22. The fourth-order valence-corrected chi connectivity index (χ4v) is 5.40. The van der Waals surface area contributed by atoms with Gasteiger partial charge in [0.2, 0.25) is 5.91 Å². The van der Waals surface area contributed by atoms with Crippen LogP contribution in [0.1, 0.15) is 48.0 Å². The van der Waals surface area contributed by atoms with Crippen molar-refractivity contribution in [2.75, 3.05) is 26.3 Å². The van der Waals surface area contributed by atoms with Crippen molar-refractivity contribution in [1.29, 1.82) is 0 Å². The Morgan fingerprint density at radius 1 is 1.09 bits per heavy atom. The van der Waals surface area contributed by atoms with Crippen LogP contribution in [0.2, 0.25) is 5.02 Å². The van der Waals surface area contributed by atoms with Crippen LogP contribution >= 0.6 is 24.0 Å². The van der Waals surface area contributed by atoms with Crippen molar-refractivity contribution in [2.45, 2.75) is 49.3 Å². The summed E-state index contributed by atoms with van der Waals surface area (Å²) in [6, 6.07) is 14.2. The number of amides is 1. The number of hydrogen-bond donors (Lipinski definition) is 2. The molecule has 3 fully saturated rings. The quantitative estimate of drug-likeness (QED) is 0.566. The zero-order chi connectivity index (χ0) is 23.8. The predicted octanol–water partition coefficient (Wildman–Crippen LogP) is 4.27. The molecule has 0 radical (unpaired) electrons. The van der Waals surface area contributed by atoms with Gasteiger partial charge in [-0.2, -0.15) is 0 Å². The fraction of sp³-hybridized carbons (Fsp3) is 0.462. The van der Waals surface area contributed by atoms with Gasteiger partial charge in [-0.1, -0.05) is 29.8 Å². The second kappa shape index (κ2) is 10.3. The van der Waals surface area contributed by atoms with Crippen molar-refractivity contribution in [3.8, 4) is 5.75 Å². The zero-order valence-electron chi connectivity index (χ0n) is 19.4. The van der Waals surface area contributed by atoms with Crippen LogP contribution < -0.4 is 10.1 Å². The van der Waals surface area contributed by atoms with Crippen LogP contribution in [0.3, 0.4) is 0 Å². The molecule has 0 aromatic heterocycles. The molecule has 2 aliphatic heterocycles. The third-order valence-corrected chi connectivity index (χ3v) is 7.61. The summed E-state index contributed by atoms with van der Waals surface area (Å²) in [6.45, 7) is 2.54. The number of nitrogens with zero attached hydrogens (tertiary/aromatic N) is 1. The lowest BCUT2D eigenvalue weighted by atomic mass is 9.86. The average molecular weight is 521 g/mol. The van der Waals surface area contributed by atoms with E-state index in [1.54, 1.807) is 12.1 Å². The van der Waals surface area contributed by atoms with Crippen molar-refractivity contribution in [3.63, 3.8) is 0 Å². The first-order valence-corrected chi connectivity index (χ1v) is 12.2. The molecule has 5 rings (SSSR count). The third kappa shape index (κ3) is 5.28. The molecule has 1 atom stereocenters. The first-order valence-electron chi connectivity index (χ1n) is 11.8. The molecular formula is C26H30Cl2N2O5. The highest BCUT2D eigenvalue weighted by atomic mass is 35.5. The topological polar surface area (TPSA) is 88.1 Å². The number of carboxylic acids is 1. The molecule has 2 N–H and O–H groups in total. The summed E-state index contributed by atoms with van der Waals surface area (Å²) in [7, 11) is 0. The first kappa shape index (κ1) is 25.8. The van der Waals surface area contributed by atoms with Gasteiger partial charge in [0.25, 0.3) is 0 Å². The summed E-state index contributed by atoms with van der Waals surface area (Å²) in [4.78, 5) is 27.3. The highest BCUT2D eigenvalue weighted by Gasteiger charge is 2.53. The molecule has 2 saturated heterocycles. The molecule has 0 spiro atoms. The summed E-state index contributed by atoms with van der Waals surface area (Å²) < 4.78 is 11.8. The maximum absolute atomic E-state index is 13.9. The molecule has 3 aliphatic rings. The SMILES string of the molecule is Cl.O=C(O)c1ccc(C2(NC(=O)C3(N4CC[C@H](Oc5cccc(Cl)c5)C4)CCOCC3)CC2)cc1. The van der Waals surface area contributed by atoms with Gasteiger partial charge in [0.05, 0.1) is 11.1 Å². The lowest BCUT2D eigenvalue weighted by Gasteiger charge is -2.43. The van der Waals surface area contributed by atoms with Gasteiger partial charge in [0.1, 0.15) is 17.4 Å². The van der Waals surface area contributed by atoms with Gasteiger partial charge in [-0.3, -0.25) is 9.69 Å². The van der Waals surface area contributed by atoms with Crippen LogP contribution in [0.15, 0.2) is 48.5 Å². The second-order valence-electron chi connectivity index (χ2n) is 9.49. The Hall–Kier alpha value is -2.32. The van der Waals surface area contributed by atoms with Crippen molar-refractivity contribution in [1.82, 2.24) is 10.2 Å². The Morgan fingerprint density at radius 3 is 2.43 bits per heavy atom. The van der Waals surface area contributed by atoms with E-state index in [0.29, 0.717) is 37.6 Å². The highest BCUT2D eigenvalue weighted by molar-refractivity contribution is 6.30. The minimum Gasteiger partial charge on any atom is -0.489 e. The monoisotopic (exact) mass is 520 g/mol. The van der Waals surface area contributed by atoms with Crippen molar-refractivity contribution >= 4 is 35.9 Å². The lowest BCUT2D eigenvalue weighted by Crippen LogP contribution is -2.62. The summed E-state index contributed by atoms with van der Waals surface area (Å²) >= 11 is 6.10. The van der Waals surface area contributed by atoms with Crippen molar-refractivity contribution in [3.05, 3.63) is 64.7 Å². The number of hydrogen-bond acceptors (Lipinski definition) is 5. The summed E-state index contributed by atoms with van der Waals surface area (Å²) in [5, 5.41) is 13.2. The summed E-state index contributed by atoms with van der Waals surface area (Å²) in [5.74, 6) is -0.184. The lowest BCUT2D eigenvalue weighted by molar-refractivity contribution is -0.141. The molecule has 7 nitrogen and oxygen atoms in total. The molecule has 0 unspecified atom stereocenters. The molecule has 2 aromatic carbocycles. The number of halogens is 2. The molecule has 35 heavy (non-hydrogen) atoms. The standard InChI is InChI=1S/C26H29ClN2O5.ClH/c27-20-2-1-3-21(16-20)34-22-8-13-29(17-22)26(11-14-33-15-12-26)24(32)28-25(9-10-25)19-6-4-18(5-7-19)23(30)31;/h1-7,16,22H,8-15,17H2,(H,28,32)(H,30,31);1H/t22-;/m0./s1. The van der Waals surface area contributed by atoms with Crippen LogP contribution in [-0.4, -0.2) is 59.8 Å². The van der Waals surface area contributed by atoms with E-state index in [4.69, 9.17) is 21.1 Å². The Morgan fingerprint density at radius 2 is 1.80 bits per heavy atom. The number of benzene rings is 2. The van der Waals surface area contributed by atoms with Gasteiger partial charge in [-0.25, -0.2) is 4.79 Å². The Balaban J connectivity index is 0.00000289. The molecule has 188 valence electrons. The minimum atomic E-state index is -0.954. The van der Waals surface area contributed by atoms with Crippen LogP contribution in [0.25, 0.3) is 0 Å². The number of aromatic carboxylic acids is 1. The second-order valence-corrected chi connectivity index (χ2v) is 9.93. The molecule has 2 aromatic rings. The molecule has 2 heterocycles. The van der Waals surface area contributed by atoms with Gasteiger partial charge in [0, 0.05) is 31.3 Å². The van der Waals surface area contributed by atoms with E-state index >= 15 is 0 Å². The maximum Gasteiger partial charge on any atom is 0.335 e. The third-order valence-electron chi connectivity index (χ3n) is 7.38. The van der Waals surface area contributed by atoms with Gasteiger partial charge < -0.3 is 19.9 Å². The van der Waals surface area contributed by atoms with Crippen LogP contribution in [0.5, 0.6) is 5.75 Å². The van der Waals surface area contributed by atoms with Gasteiger partial charge >= 0.3 is 5.97 Å². The first-order chi connectivity index (χ1) is 16.4. The van der Waals surface area contributed by atoms with E-state index in [0.717, 1.165) is 37.1 Å². The number of carbonyl (C=O) groups is 2. The normalized spacial score (nSPS) is 22.6. The molecule has 1 amide bonds. The van der Waals surface area contributed by atoms with E-state index < -0.39 is 17.0 Å². The molecule has 9 heteroatoms. The number of carbonyl (C=O) groups excluding carboxylic acids is 1.